The van der Waals surface area contributed by atoms with Crippen molar-refractivity contribution in [1.82, 2.24) is 20.4 Å². The first-order valence-corrected chi connectivity index (χ1v) is 8.41. The number of amides is 2. The molecule has 3 heterocycles. The summed E-state index contributed by atoms with van der Waals surface area (Å²) in [6.45, 7) is 3.32. The Bertz CT molecular complexity index is 805. The predicted octanol–water partition coefficient (Wildman–Crippen LogP) is 0.670. The van der Waals surface area contributed by atoms with Crippen molar-refractivity contribution >= 4 is 23.2 Å². The van der Waals surface area contributed by atoms with Crippen molar-refractivity contribution in [1.29, 1.82) is 0 Å². The van der Waals surface area contributed by atoms with E-state index in [-0.39, 0.29) is 18.4 Å². The highest BCUT2D eigenvalue weighted by atomic mass is 16.2. The first-order chi connectivity index (χ1) is 12.2. The normalized spacial score (nSPS) is 16.1. The van der Waals surface area contributed by atoms with Crippen LogP contribution in [-0.2, 0) is 24.4 Å². The lowest BCUT2D eigenvalue weighted by Gasteiger charge is -2.19. The van der Waals surface area contributed by atoms with Crippen LogP contribution in [0.15, 0.2) is 24.3 Å². The first-order valence-electron chi connectivity index (χ1n) is 8.41. The lowest BCUT2D eigenvalue weighted by molar-refractivity contribution is -0.114. The smallest absolute Gasteiger partial charge is 0.251 e. The van der Waals surface area contributed by atoms with Crippen molar-refractivity contribution in [2.24, 2.45) is 0 Å². The van der Waals surface area contributed by atoms with E-state index in [0.717, 1.165) is 43.1 Å². The van der Waals surface area contributed by atoms with Gasteiger partial charge in [-0.15, -0.1) is 0 Å². The van der Waals surface area contributed by atoms with Crippen LogP contribution in [-0.4, -0.2) is 34.7 Å². The number of nitrogens with zero attached hydrogens (tertiary/aromatic N) is 2. The lowest BCUT2D eigenvalue weighted by atomic mass is 10.1. The van der Waals surface area contributed by atoms with Gasteiger partial charge >= 0.3 is 0 Å². The summed E-state index contributed by atoms with van der Waals surface area (Å²) in [6.07, 6.45) is 1.05. The summed E-state index contributed by atoms with van der Waals surface area (Å²) < 4.78 is 2.00. The van der Waals surface area contributed by atoms with Gasteiger partial charge in [0.05, 0.1) is 35.9 Å². The maximum absolute atomic E-state index is 12.4. The SMILES string of the molecule is O=C1CNc2ccc(C(=O)NCc3cc4n(n3)CCCNC4)cc2N1. The summed E-state index contributed by atoms with van der Waals surface area (Å²) in [4.78, 5) is 23.8. The minimum absolute atomic E-state index is 0.113. The molecule has 4 rings (SSSR count). The third-order valence-corrected chi connectivity index (χ3v) is 4.37. The van der Waals surface area contributed by atoms with Crippen molar-refractivity contribution in [2.45, 2.75) is 26.1 Å². The van der Waals surface area contributed by atoms with Crippen molar-refractivity contribution < 1.29 is 9.59 Å². The molecule has 25 heavy (non-hydrogen) atoms. The van der Waals surface area contributed by atoms with Crippen LogP contribution in [0.1, 0.15) is 28.2 Å². The average molecular weight is 340 g/mol. The highest BCUT2D eigenvalue weighted by Gasteiger charge is 2.17. The van der Waals surface area contributed by atoms with Crippen molar-refractivity contribution in [3.63, 3.8) is 0 Å². The summed E-state index contributed by atoms with van der Waals surface area (Å²) in [5, 5.41) is 16.6. The Morgan fingerprint density at radius 2 is 2.16 bits per heavy atom. The molecule has 1 aromatic carbocycles. The Kier molecular flexibility index (Phi) is 4.10. The number of fused-ring (bicyclic) bond motifs is 2. The van der Waals surface area contributed by atoms with Gasteiger partial charge in [-0.2, -0.15) is 5.10 Å². The third kappa shape index (κ3) is 3.34. The van der Waals surface area contributed by atoms with Crippen molar-refractivity contribution in [3.8, 4) is 0 Å². The van der Waals surface area contributed by atoms with Crippen LogP contribution >= 0.6 is 0 Å². The van der Waals surface area contributed by atoms with Gasteiger partial charge in [-0.3, -0.25) is 14.3 Å². The van der Waals surface area contributed by atoms with Crippen molar-refractivity contribution in [2.75, 3.05) is 23.7 Å². The van der Waals surface area contributed by atoms with E-state index in [0.29, 0.717) is 17.8 Å². The highest BCUT2D eigenvalue weighted by molar-refractivity contribution is 6.03. The quantitative estimate of drug-likeness (QED) is 0.658. The maximum Gasteiger partial charge on any atom is 0.251 e. The molecule has 4 N–H and O–H groups in total. The maximum atomic E-state index is 12.4. The molecule has 0 saturated carbocycles. The van der Waals surface area contributed by atoms with Crippen LogP contribution in [0.4, 0.5) is 11.4 Å². The third-order valence-electron chi connectivity index (χ3n) is 4.37. The van der Waals surface area contributed by atoms with Crippen LogP contribution in [0.5, 0.6) is 0 Å². The molecule has 2 aliphatic heterocycles. The fourth-order valence-electron chi connectivity index (χ4n) is 3.09. The van der Waals surface area contributed by atoms with Gasteiger partial charge in [-0.25, -0.2) is 0 Å². The molecular weight excluding hydrogens is 320 g/mol. The van der Waals surface area contributed by atoms with Gasteiger partial charge < -0.3 is 21.3 Å². The Morgan fingerprint density at radius 1 is 1.24 bits per heavy atom. The largest absolute Gasteiger partial charge is 0.374 e. The Morgan fingerprint density at radius 3 is 3.08 bits per heavy atom. The van der Waals surface area contributed by atoms with E-state index < -0.39 is 0 Å². The van der Waals surface area contributed by atoms with Crippen LogP contribution in [0.2, 0.25) is 0 Å². The number of carbonyl (C=O) groups is 2. The second kappa shape index (κ2) is 6.56. The molecule has 0 saturated heterocycles. The van der Waals surface area contributed by atoms with Gasteiger partial charge in [0.1, 0.15) is 0 Å². The first kappa shape index (κ1) is 15.6. The fraction of sp³-hybridized carbons (Fsp3) is 0.353. The number of rotatable bonds is 3. The monoisotopic (exact) mass is 340 g/mol. The number of aromatic nitrogens is 2. The van der Waals surface area contributed by atoms with E-state index in [9.17, 15) is 9.59 Å². The van der Waals surface area contributed by atoms with E-state index in [1.807, 2.05) is 10.7 Å². The van der Waals surface area contributed by atoms with Gasteiger partial charge in [-0.05, 0) is 37.2 Å². The number of anilines is 2. The molecule has 130 valence electrons. The molecule has 2 aromatic rings. The standard InChI is InChI=1S/C17H20N6O2/c24-16-10-19-14-3-2-11(6-15(14)21-16)17(25)20-8-12-7-13-9-18-4-1-5-23(13)22-12/h2-3,6-7,18-19H,1,4-5,8-10H2,(H,20,25)(H,21,24). The average Bonchev–Trinajstić information content (AvgIpc) is 2.88. The van der Waals surface area contributed by atoms with Crippen LogP contribution < -0.4 is 21.3 Å². The highest BCUT2D eigenvalue weighted by Crippen LogP contribution is 2.25. The van der Waals surface area contributed by atoms with Crippen LogP contribution in [0, 0.1) is 0 Å². The minimum Gasteiger partial charge on any atom is -0.374 e. The Hall–Kier alpha value is -2.87. The molecule has 8 heteroatoms. The second-order valence-corrected chi connectivity index (χ2v) is 6.23. The molecule has 1 aromatic heterocycles. The molecule has 0 spiro atoms. The van der Waals surface area contributed by atoms with Gasteiger partial charge in [-0.1, -0.05) is 0 Å². The zero-order valence-electron chi connectivity index (χ0n) is 13.8. The number of hydrogen-bond acceptors (Lipinski definition) is 5. The summed E-state index contributed by atoms with van der Waals surface area (Å²) in [5.74, 6) is -0.304. The Balaban J connectivity index is 1.42. The van der Waals surface area contributed by atoms with E-state index in [1.165, 1.54) is 0 Å². The number of aryl methyl sites for hydroxylation is 1. The second-order valence-electron chi connectivity index (χ2n) is 6.23. The minimum atomic E-state index is -0.191. The van der Waals surface area contributed by atoms with E-state index >= 15 is 0 Å². The molecule has 0 atom stereocenters. The molecule has 2 amide bonds. The Labute approximate surface area is 145 Å². The van der Waals surface area contributed by atoms with E-state index in [1.54, 1.807) is 18.2 Å². The number of carbonyl (C=O) groups excluding carboxylic acids is 2. The number of benzene rings is 1. The molecule has 0 fully saturated rings. The molecule has 0 aliphatic carbocycles. The van der Waals surface area contributed by atoms with E-state index in [2.05, 4.69) is 26.4 Å². The van der Waals surface area contributed by atoms with Gasteiger partial charge in [0, 0.05) is 18.7 Å². The molecule has 0 unspecified atom stereocenters. The lowest BCUT2D eigenvalue weighted by Crippen LogP contribution is -2.28. The van der Waals surface area contributed by atoms with Crippen LogP contribution in [0.3, 0.4) is 0 Å². The topological polar surface area (TPSA) is 100 Å². The van der Waals surface area contributed by atoms with Gasteiger partial charge in [0.15, 0.2) is 0 Å². The zero-order chi connectivity index (χ0) is 17.2. The molecule has 0 bridgehead atoms. The molecule has 2 aliphatic rings. The zero-order valence-corrected chi connectivity index (χ0v) is 13.8. The fourth-order valence-corrected chi connectivity index (χ4v) is 3.09. The predicted molar refractivity (Wildman–Crippen MR) is 93.3 cm³/mol. The molecular formula is C17H20N6O2. The number of nitrogens with one attached hydrogen (secondary N) is 4. The molecule has 8 nitrogen and oxygen atoms in total. The number of hydrogen-bond donors (Lipinski definition) is 4. The van der Waals surface area contributed by atoms with Gasteiger partial charge in [0.25, 0.3) is 5.91 Å². The van der Waals surface area contributed by atoms with E-state index in [4.69, 9.17) is 0 Å². The molecule has 0 radical (unpaired) electrons. The summed E-state index contributed by atoms with van der Waals surface area (Å²) >= 11 is 0. The summed E-state index contributed by atoms with van der Waals surface area (Å²) in [7, 11) is 0. The summed E-state index contributed by atoms with van der Waals surface area (Å²) in [5.41, 5.74) is 3.94. The summed E-state index contributed by atoms with van der Waals surface area (Å²) in [6, 6.07) is 7.25. The van der Waals surface area contributed by atoms with Gasteiger partial charge in [0.2, 0.25) is 5.91 Å². The van der Waals surface area contributed by atoms with Crippen LogP contribution in [0.25, 0.3) is 0 Å². The van der Waals surface area contributed by atoms with Crippen molar-refractivity contribution in [3.05, 3.63) is 41.2 Å².